The minimum absolute atomic E-state index is 0.0149. The molecule has 0 saturated carbocycles. The fourth-order valence-corrected chi connectivity index (χ4v) is 3.67. The zero-order valence-corrected chi connectivity index (χ0v) is 18.2. The van der Waals surface area contributed by atoms with Crippen LogP contribution in [-0.2, 0) is 9.53 Å². The number of thiocarbonyl (C=S) groups is 1. The second kappa shape index (κ2) is 10.8. The number of methoxy groups -OCH3 is 1. The van der Waals surface area contributed by atoms with E-state index in [1.165, 1.54) is 7.11 Å². The Kier molecular flexibility index (Phi) is 8.43. The van der Waals surface area contributed by atoms with Crippen LogP contribution in [0.3, 0.4) is 0 Å². The van der Waals surface area contributed by atoms with Crippen LogP contribution in [0.5, 0.6) is 5.75 Å². The summed E-state index contributed by atoms with van der Waals surface area (Å²) in [6.07, 6.45) is 0. The van der Waals surface area contributed by atoms with Gasteiger partial charge in [0.15, 0.2) is 11.7 Å². The first-order valence-electron chi connectivity index (χ1n) is 9.65. The predicted molar refractivity (Wildman–Crippen MR) is 115 cm³/mol. The molecule has 0 aliphatic carbocycles. The van der Waals surface area contributed by atoms with Crippen molar-refractivity contribution in [1.82, 2.24) is 15.1 Å². The number of carbonyl (C=O) groups excluding carboxylic acids is 1. The number of nitriles is 1. The average molecular weight is 417 g/mol. The summed E-state index contributed by atoms with van der Waals surface area (Å²) in [5, 5.41) is 12.5. The van der Waals surface area contributed by atoms with Crippen LogP contribution in [0.2, 0.25) is 0 Å². The third-order valence-corrected chi connectivity index (χ3v) is 5.39. The van der Waals surface area contributed by atoms with Gasteiger partial charge in [0.1, 0.15) is 11.8 Å². The van der Waals surface area contributed by atoms with Gasteiger partial charge in [-0.3, -0.25) is 0 Å². The molecule has 1 aliphatic heterocycles. The number of hydrogen-bond acceptors (Lipinski definition) is 6. The Balaban J connectivity index is 2.32. The van der Waals surface area contributed by atoms with Crippen molar-refractivity contribution in [2.45, 2.75) is 26.8 Å². The van der Waals surface area contributed by atoms with Crippen molar-refractivity contribution in [3.05, 3.63) is 41.1 Å². The number of rotatable bonds is 9. The van der Waals surface area contributed by atoms with Crippen molar-refractivity contribution < 1.29 is 14.3 Å². The third kappa shape index (κ3) is 5.46. The van der Waals surface area contributed by atoms with Crippen molar-refractivity contribution >= 4 is 23.3 Å². The number of ether oxygens (including phenoxy) is 2. The van der Waals surface area contributed by atoms with Gasteiger partial charge in [0.05, 0.1) is 18.7 Å². The number of esters is 1. The van der Waals surface area contributed by atoms with E-state index >= 15 is 0 Å². The quantitative estimate of drug-likeness (QED) is 0.486. The lowest BCUT2D eigenvalue weighted by atomic mass is 9.95. The number of nitrogens with one attached hydrogen (secondary N) is 1. The molecule has 0 unspecified atom stereocenters. The molecule has 0 amide bonds. The third-order valence-electron chi connectivity index (χ3n) is 5.05. The van der Waals surface area contributed by atoms with Crippen molar-refractivity contribution in [3.8, 4) is 11.8 Å². The van der Waals surface area contributed by atoms with Crippen LogP contribution in [0.25, 0.3) is 0 Å². The molecule has 1 aliphatic rings. The van der Waals surface area contributed by atoms with Gasteiger partial charge in [-0.25, -0.2) is 4.79 Å². The van der Waals surface area contributed by atoms with Gasteiger partial charge in [0.2, 0.25) is 0 Å². The van der Waals surface area contributed by atoms with E-state index in [2.05, 4.69) is 24.1 Å². The number of carbonyl (C=O) groups is 1. The van der Waals surface area contributed by atoms with Crippen molar-refractivity contribution in [3.63, 3.8) is 0 Å². The van der Waals surface area contributed by atoms with Gasteiger partial charge in [-0.15, -0.1) is 0 Å². The molecule has 1 aromatic carbocycles. The Hall–Kier alpha value is -2.63. The van der Waals surface area contributed by atoms with Gasteiger partial charge >= 0.3 is 5.97 Å². The highest BCUT2D eigenvalue weighted by atomic mass is 32.1. The molecular formula is C21H28N4O3S. The lowest BCUT2D eigenvalue weighted by Crippen LogP contribution is -2.49. The van der Waals surface area contributed by atoms with Crippen LogP contribution in [-0.4, -0.2) is 60.8 Å². The van der Waals surface area contributed by atoms with Crippen LogP contribution >= 0.6 is 12.2 Å². The maximum atomic E-state index is 12.6. The number of hydrogen-bond donors (Lipinski definition) is 1. The molecule has 0 aromatic heterocycles. The fraction of sp³-hybridized carbons (Fsp3) is 0.476. The fourth-order valence-electron chi connectivity index (χ4n) is 3.33. The Bertz CT molecular complexity index is 797. The highest BCUT2D eigenvalue weighted by Crippen LogP contribution is 2.32. The minimum atomic E-state index is -0.412. The Morgan fingerprint density at radius 2 is 1.97 bits per heavy atom. The van der Waals surface area contributed by atoms with Gasteiger partial charge in [-0.1, -0.05) is 26.0 Å². The summed E-state index contributed by atoms with van der Waals surface area (Å²) in [5.41, 5.74) is 2.19. The van der Waals surface area contributed by atoms with Crippen LogP contribution in [0.15, 0.2) is 35.5 Å². The maximum absolute atomic E-state index is 12.6. The Labute approximate surface area is 177 Å². The summed E-state index contributed by atoms with van der Waals surface area (Å²) >= 11 is 5.61. The van der Waals surface area contributed by atoms with E-state index in [1.807, 2.05) is 30.0 Å². The molecular weight excluding hydrogens is 388 g/mol. The van der Waals surface area contributed by atoms with Gasteiger partial charge in [0, 0.05) is 18.8 Å². The first-order valence-corrected chi connectivity index (χ1v) is 10.1. The molecule has 0 saturated heterocycles. The van der Waals surface area contributed by atoms with E-state index in [0.717, 1.165) is 30.9 Å². The maximum Gasteiger partial charge on any atom is 0.337 e. The highest BCUT2D eigenvalue weighted by molar-refractivity contribution is 7.80. The normalized spacial score (nSPS) is 16.5. The minimum Gasteiger partial charge on any atom is -0.479 e. The molecule has 0 spiro atoms. The number of allylic oxidation sites excluding steroid dienone is 1. The molecule has 1 N–H and O–H groups in total. The lowest BCUT2D eigenvalue weighted by Gasteiger charge is -2.38. The summed E-state index contributed by atoms with van der Waals surface area (Å²) in [5.74, 6) is 0.204. The average Bonchev–Trinajstić information content (AvgIpc) is 2.74. The molecule has 0 radical (unpaired) electrons. The van der Waals surface area contributed by atoms with E-state index in [9.17, 15) is 4.79 Å². The Morgan fingerprint density at radius 1 is 1.31 bits per heavy atom. The summed E-state index contributed by atoms with van der Waals surface area (Å²) in [4.78, 5) is 16.9. The first-order chi connectivity index (χ1) is 14.0. The first kappa shape index (κ1) is 22.7. The lowest BCUT2D eigenvalue weighted by molar-refractivity contribution is -0.136. The molecule has 156 valence electrons. The highest BCUT2D eigenvalue weighted by Gasteiger charge is 2.34. The summed E-state index contributed by atoms with van der Waals surface area (Å²) < 4.78 is 10.4. The van der Waals surface area contributed by atoms with E-state index in [0.29, 0.717) is 23.0 Å². The van der Waals surface area contributed by atoms with E-state index in [1.54, 1.807) is 12.1 Å². The summed E-state index contributed by atoms with van der Waals surface area (Å²) in [7, 11) is 1.38. The number of likely N-dealkylation sites (N-methyl/N-ethyl adjacent to an activating group) is 1. The smallest absolute Gasteiger partial charge is 0.337 e. The topological polar surface area (TPSA) is 77.8 Å². The second-order valence-corrected chi connectivity index (χ2v) is 6.95. The summed E-state index contributed by atoms with van der Waals surface area (Å²) in [6, 6.07) is 8.78. The van der Waals surface area contributed by atoms with Crippen LogP contribution in [0, 0.1) is 11.3 Å². The molecule has 0 fully saturated rings. The predicted octanol–water partition coefficient (Wildman–Crippen LogP) is 2.61. The largest absolute Gasteiger partial charge is 0.479 e. The Morgan fingerprint density at radius 3 is 2.52 bits per heavy atom. The summed E-state index contributed by atoms with van der Waals surface area (Å²) in [6.45, 7) is 9.58. The monoisotopic (exact) mass is 416 g/mol. The van der Waals surface area contributed by atoms with E-state index in [4.69, 9.17) is 27.0 Å². The molecule has 1 atom stereocenters. The molecule has 7 nitrogen and oxygen atoms in total. The standard InChI is InChI=1S/C21H28N4O3S/c1-5-24(6-2)12-13-25-15(3)18(20(26)27-4)19(23-21(25)29)16-7-9-17(10-8-16)28-14-11-22/h7-10,19H,5-6,12-14H2,1-4H3,(H,23,29)/t19-/m0/s1. The molecule has 29 heavy (non-hydrogen) atoms. The van der Waals surface area contributed by atoms with Gasteiger partial charge in [-0.2, -0.15) is 5.26 Å². The van der Waals surface area contributed by atoms with Crippen molar-refractivity contribution in [2.75, 3.05) is 39.9 Å². The SMILES string of the molecule is CCN(CC)CCN1C(=S)N[C@@H](c2ccc(OCC#N)cc2)C(C(=O)OC)=C1C. The van der Waals surface area contributed by atoms with Crippen LogP contribution < -0.4 is 10.1 Å². The van der Waals surface area contributed by atoms with Gasteiger partial charge in [0.25, 0.3) is 0 Å². The molecule has 1 aromatic rings. The van der Waals surface area contributed by atoms with Crippen LogP contribution in [0.4, 0.5) is 0 Å². The molecule has 0 bridgehead atoms. The van der Waals surface area contributed by atoms with E-state index in [-0.39, 0.29) is 12.6 Å². The molecule has 2 rings (SSSR count). The molecule has 1 heterocycles. The van der Waals surface area contributed by atoms with Crippen molar-refractivity contribution in [1.29, 1.82) is 5.26 Å². The zero-order valence-electron chi connectivity index (χ0n) is 17.4. The van der Waals surface area contributed by atoms with E-state index < -0.39 is 6.04 Å². The molecule has 8 heteroatoms. The second-order valence-electron chi connectivity index (χ2n) is 6.57. The number of benzene rings is 1. The zero-order chi connectivity index (χ0) is 21.4. The van der Waals surface area contributed by atoms with Gasteiger partial charge in [-0.05, 0) is 49.9 Å². The van der Waals surface area contributed by atoms with Crippen LogP contribution in [0.1, 0.15) is 32.4 Å². The van der Waals surface area contributed by atoms with Crippen molar-refractivity contribution in [2.24, 2.45) is 0 Å². The van der Waals surface area contributed by atoms with Gasteiger partial charge < -0.3 is 24.6 Å². The number of nitrogens with zero attached hydrogens (tertiary/aromatic N) is 3.